The lowest BCUT2D eigenvalue weighted by molar-refractivity contribution is -0.148. The van der Waals surface area contributed by atoms with Crippen molar-refractivity contribution in [2.24, 2.45) is 0 Å². The second-order valence-electron chi connectivity index (χ2n) is 4.41. The Hall–Kier alpha value is -0.610. The summed E-state index contributed by atoms with van der Waals surface area (Å²) >= 11 is 0. The summed E-state index contributed by atoms with van der Waals surface area (Å²) < 4.78 is 5.47. The van der Waals surface area contributed by atoms with Crippen LogP contribution in [0.5, 0.6) is 0 Å². The molecule has 2 fully saturated rings. The largest absolute Gasteiger partial charge is 0.393 e. The van der Waals surface area contributed by atoms with Gasteiger partial charge in [0.05, 0.1) is 6.10 Å². The van der Waals surface area contributed by atoms with Crippen LogP contribution in [0.2, 0.25) is 0 Å². The molecule has 0 spiro atoms. The first-order valence-corrected chi connectivity index (χ1v) is 5.86. The molecular formula is C11H19NO3. The summed E-state index contributed by atoms with van der Waals surface area (Å²) in [6, 6.07) is 0. The lowest BCUT2D eigenvalue weighted by Crippen LogP contribution is -2.46. The number of ether oxygens (including phenoxy) is 1. The Morgan fingerprint density at radius 3 is 2.53 bits per heavy atom. The molecule has 1 N–H and O–H groups in total. The number of nitrogens with zero attached hydrogens (tertiary/aromatic N) is 1. The summed E-state index contributed by atoms with van der Waals surface area (Å²) in [5.41, 5.74) is 0. The van der Waals surface area contributed by atoms with Gasteiger partial charge in [-0.25, -0.2) is 0 Å². The van der Waals surface area contributed by atoms with E-state index in [4.69, 9.17) is 4.74 Å². The molecule has 4 heteroatoms. The van der Waals surface area contributed by atoms with Crippen molar-refractivity contribution in [1.82, 2.24) is 4.90 Å². The first-order chi connectivity index (χ1) is 7.27. The fourth-order valence-electron chi connectivity index (χ4n) is 2.23. The molecule has 0 aromatic heterocycles. The maximum Gasteiger partial charge on any atom is 0.251 e. The molecule has 15 heavy (non-hydrogen) atoms. The van der Waals surface area contributed by atoms with E-state index in [-0.39, 0.29) is 18.1 Å². The molecule has 2 rings (SSSR count). The van der Waals surface area contributed by atoms with Crippen LogP contribution < -0.4 is 0 Å². The van der Waals surface area contributed by atoms with Crippen molar-refractivity contribution in [3.63, 3.8) is 0 Å². The minimum absolute atomic E-state index is 0.126. The van der Waals surface area contributed by atoms with Gasteiger partial charge in [-0.2, -0.15) is 0 Å². The predicted octanol–water partition coefficient (Wildman–Crippen LogP) is 0.539. The van der Waals surface area contributed by atoms with E-state index in [9.17, 15) is 9.90 Å². The second kappa shape index (κ2) is 4.94. The zero-order chi connectivity index (χ0) is 10.7. The number of rotatable bonds is 1. The Morgan fingerprint density at radius 2 is 1.93 bits per heavy atom. The van der Waals surface area contributed by atoms with Gasteiger partial charge in [-0.1, -0.05) is 0 Å². The molecule has 0 bridgehead atoms. The molecule has 0 radical (unpaired) electrons. The highest BCUT2D eigenvalue weighted by Gasteiger charge is 2.29. The normalized spacial score (nSPS) is 29.1. The van der Waals surface area contributed by atoms with Gasteiger partial charge in [0.2, 0.25) is 0 Å². The molecule has 2 saturated heterocycles. The average Bonchev–Trinajstić information content (AvgIpc) is 2.30. The highest BCUT2D eigenvalue weighted by Crippen LogP contribution is 2.18. The Labute approximate surface area is 90.2 Å². The van der Waals surface area contributed by atoms with Gasteiger partial charge in [-0.3, -0.25) is 4.79 Å². The number of likely N-dealkylation sites (tertiary alicyclic amines) is 1. The van der Waals surface area contributed by atoms with Crippen molar-refractivity contribution in [1.29, 1.82) is 0 Å². The minimum Gasteiger partial charge on any atom is -0.393 e. The van der Waals surface area contributed by atoms with Crippen LogP contribution in [0.3, 0.4) is 0 Å². The number of hydrogen-bond donors (Lipinski definition) is 1. The van der Waals surface area contributed by atoms with Crippen LogP contribution in [0.15, 0.2) is 0 Å². The highest BCUT2D eigenvalue weighted by atomic mass is 16.5. The Morgan fingerprint density at radius 1 is 1.20 bits per heavy atom. The standard InChI is InChI=1S/C11H19NO3/c13-9-4-6-12(7-5-9)11(14)10-3-1-2-8-15-10/h9-10,13H,1-8H2. The molecule has 0 saturated carbocycles. The summed E-state index contributed by atoms with van der Waals surface area (Å²) in [6.45, 7) is 2.08. The van der Waals surface area contributed by atoms with Crippen LogP contribution in [0.4, 0.5) is 0 Å². The van der Waals surface area contributed by atoms with Gasteiger partial charge in [0.25, 0.3) is 5.91 Å². The third-order valence-corrected chi connectivity index (χ3v) is 3.23. The Bertz CT molecular complexity index is 218. The number of carbonyl (C=O) groups is 1. The van der Waals surface area contributed by atoms with Crippen molar-refractivity contribution < 1.29 is 14.6 Å². The molecule has 1 amide bonds. The van der Waals surface area contributed by atoms with E-state index in [2.05, 4.69) is 0 Å². The van der Waals surface area contributed by atoms with Gasteiger partial charge in [0, 0.05) is 19.7 Å². The molecule has 0 aliphatic carbocycles. The molecule has 1 atom stereocenters. The maximum absolute atomic E-state index is 12.0. The van der Waals surface area contributed by atoms with E-state index < -0.39 is 0 Å². The smallest absolute Gasteiger partial charge is 0.251 e. The van der Waals surface area contributed by atoms with E-state index >= 15 is 0 Å². The maximum atomic E-state index is 12.0. The third-order valence-electron chi connectivity index (χ3n) is 3.23. The number of aliphatic hydroxyl groups is 1. The van der Waals surface area contributed by atoms with Crippen molar-refractivity contribution in [2.75, 3.05) is 19.7 Å². The monoisotopic (exact) mass is 213 g/mol. The first-order valence-electron chi connectivity index (χ1n) is 5.86. The van der Waals surface area contributed by atoms with Crippen LogP contribution in [-0.4, -0.2) is 47.8 Å². The fourth-order valence-corrected chi connectivity index (χ4v) is 2.23. The molecule has 1 unspecified atom stereocenters. The lowest BCUT2D eigenvalue weighted by atomic mass is 10.0. The Balaban J connectivity index is 1.84. The van der Waals surface area contributed by atoms with E-state index in [1.54, 1.807) is 0 Å². The predicted molar refractivity (Wildman–Crippen MR) is 55.4 cm³/mol. The van der Waals surface area contributed by atoms with E-state index in [0.29, 0.717) is 32.5 Å². The highest BCUT2D eigenvalue weighted by molar-refractivity contribution is 5.81. The molecule has 2 heterocycles. The van der Waals surface area contributed by atoms with Gasteiger partial charge >= 0.3 is 0 Å². The second-order valence-corrected chi connectivity index (χ2v) is 4.41. The van der Waals surface area contributed by atoms with Gasteiger partial charge in [-0.05, 0) is 32.1 Å². The average molecular weight is 213 g/mol. The van der Waals surface area contributed by atoms with E-state index in [1.807, 2.05) is 4.90 Å². The molecular weight excluding hydrogens is 194 g/mol. The zero-order valence-corrected chi connectivity index (χ0v) is 9.02. The van der Waals surface area contributed by atoms with Gasteiger partial charge < -0.3 is 14.7 Å². The number of amides is 1. The Kier molecular flexibility index (Phi) is 3.59. The molecule has 86 valence electrons. The zero-order valence-electron chi connectivity index (χ0n) is 9.02. The minimum atomic E-state index is -0.221. The topological polar surface area (TPSA) is 49.8 Å². The summed E-state index contributed by atoms with van der Waals surface area (Å²) in [5.74, 6) is 0.126. The fraction of sp³-hybridized carbons (Fsp3) is 0.909. The lowest BCUT2D eigenvalue weighted by Gasteiger charge is -2.33. The van der Waals surface area contributed by atoms with Crippen LogP contribution in [0.1, 0.15) is 32.1 Å². The van der Waals surface area contributed by atoms with Crippen molar-refractivity contribution in [2.45, 2.75) is 44.3 Å². The quantitative estimate of drug-likeness (QED) is 0.691. The van der Waals surface area contributed by atoms with Gasteiger partial charge in [0.15, 0.2) is 0 Å². The van der Waals surface area contributed by atoms with Crippen LogP contribution >= 0.6 is 0 Å². The summed E-state index contributed by atoms with van der Waals surface area (Å²) in [4.78, 5) is 13.8. The number of carbonyl (C=O) groups excluding carboxylic acids is 1. The molecule has 2 aliphatic rings. The molecule has 0 aromatic rings. The number of hydrogen-bond acceptors (Lipinski definition) is 3. The SMILES string of the molecule is O=C(C1CCCCO1)N1CCC(O)CC1. The number of piperidine rings is 1. The number of aliphatic hydroxyl groups excluding tert-OH is 1. The van der Waals surface area contributed by atoms with E-state index in [0.717, 1.165) is 19.3 Å². The summed E-state index contributed by atoms with van der Waals surface area (Å²) in [5, 5.41) is 9.35. The van der Waals surface area contributed by atoms with Crippen LogP contribution in [-0.2, 0) is 9.53 Å². The molecule has 4 nitrogen and oxygen atoms in total. The molecule has 0 aromatic carbocycles. The first kappa shape index (κ1) is 10.9. The summed E-state index contributed by atoms with van der Waals surface area (Å²) in [7, 11) is 0. The van der Waals surface area contributed by atoms with E-state index in [1.165, 1.54) is 0 Å². The van der Waals surface area contributed by atoms with Gasteiger partial charge in [-0.15, -0.1) is 0 Å². The van der Waals surface area contributed by atoms with Crippen molar-refractivity contribution in [3.8, 4) is 0 Å². The summed E-state index contributed by atoms with van der Waals surface area (Å²) in [6.07, 6.45) is 4.00. The van der Waals surface area contributed by atoms with Gasteiger partial charge in [0.1, 0.15) is 6.10 Å². The van der Waals surface area contributed by atoms with Crippen LogP contribution in [0, 0.1) is 0 Å². The van der Waals surface area contributed by atoms with Crippen molar-refractivity contribution >= 4 is 5.91 Å². The van der Waals surface area contributed by atoms with Crippen LogP contribution in [0.25, 0.3) is 0 Å². The third kappa shape index (κ3) is 2.69. The molecule has 2 aliphatic heterocycles. The van der Waals surface area contributed by atoms with Crippen molar-refractivity contribution in [3.05, 3.63) is 0 Å².